The summed E-state index contributed by atoms with van der Waals surface area (Å²) >= 11 is 6.23. The Hall–Kier alpha value is -2.93. The van der Waals surface area contributed by atoms with Crippen molar-refractivity contribution >= 4 is 29.1 Å². The third-order valence-corrected chi connectivity index (χ3v) is 4.95. The highest BCUT2D eigenvalue weighted by Gasteiger charge is 2.27. The molecule has 0 aliphatic carbocycles. The van der Waals surface area contributed by atoms with Crippen molar-refractivity contribution in [2.75, 3.05) is 26.2 Å². The highest BCUT2D eigenvalue weighted by molar-refractivity contribution is 6.32. The summed E-state index contributed by atoms with van der Waals surface area (Å²) in [4.78, 5) is 37.4. The molecule has 1 saturated heterocycles. The average Bonchev–Trinajstić information content (AvgIpc) is 2.87. The molecule has 4 rings (SSSR count). The van der Waals surface area contributed by atoms with Crippen molar-refractivity contribution in [2.45, 2.75) is 6.42 Å². The van der Waals surface area contributed by atoms with E-state index in [0.717, 1.165) is 0 Å². The maximum absolute atomic E-state index is 13.1. The highest BCUT2D eigenvalue weighted by atomic mass is 35.5. The van der Waals surface area contributed by atoms with Crippen LogP contribution in [0, 0.1) is 0 Å². The number of aromatic nitrogens is 3. The van der Waals surface area contributed by atoms with E-state index in [1.165, 1.54) is 0 Å². The number of pyridine rings is 2. The maximum Gasteiger partial charge on any atom is 0.274 e. The number of hydrogen-bond acceptors (Lipinski definition) is 4. The van der Waals surface area contributed by atoms with Gasteiger partial charge in [0, 0.05) is 50.3 Å². The summed E-state index contributed by atoms with van der Waals surface area (Å²) in [6.45, 7) is 2.09. The van der Waals surface area contributed by atoms with E-state index in [1.54, 1.807) is 51.0 Å². The summed E-state index contributed by atoms with van der Waals surface area (Å²) < 4.78 is 1.70. The van der Waals surface area contributed by atoms with Gasteiger partial charge in [0.05, 0.1) is 0 Å². The maximum atomic E-state index is 13.1. The number of halogens is 1. The SMILES string of the molecule is O=C(c1ccncc1)N1CCCN(C(=O)c2c(Cl)nc3ccccn23)CC1. The first-order valence-electron chi connectivity index (χ1n) is 8.76. The minimum absolute atomic E-state index is 0.0421. The molecular formula is C19H18ClN5O2. The average molecular weight is 384 g/mol. The molecule has 138 valence electrons. The number of amides is 2. The number of imidazole rings is 1. The molecule has 4 heterocycles. The van der Waals surface area contributed by atoms with Gasteiger partial charge in [-0.2, -0.15) is 0 Å². The van der Waals surface area contributed by atoms with E-state index in [9.17, 15) is 9.59 Å². The normalized spacial score (nSPS) is 15.0. The van der Waals surface area contributed by atoms with Gasteiger partial charge in [0.1, 0.15) is 5.65 Å². The fraction of sp³-hybridized carbons (Fsp3) is 0.263. The molecular weight excluding hydrogens is 366 g/mol. The van der Waals surface area contributed by atoms with Crippen LogP contribution in [0.4, 0.5) is 0 Å². The lowest BCUT2D eigenvalue weighted by atomic mass is 10.2. The minimum Gasteiger partial charge on any atom is -0.337 e. The lowest BCUT2D eigenvalue weighted by Crippen LogP contribution is -2.37. The minimum atomic E-state index is -0.170. The van der Waals surface area contributed by atoms with Gasteiger partial charge in [-0.05, 0) is 30.7 Å². The number of fused-ring (bicyclic) bond motifs is 1. The van der Waals surface area contributed by atoms with Crippen molar-refractivity contribution in [3.8, 4) is 0 Å². The predicted molar refractivity (Wildman–Crippen MR) is 101 cm³/mol. The second-order valence-electron chi connectivity index (χ2n) is 6.35. The Bertz CT molecular complexity index is 988. The highest BCUT2D eigenvalue weighted by Crippen LogP contribution is 2.20. The summed E-state index contributed by atoms with van der Waals surface area (Å²) in [6, 6.07) is 8.89. The van der Waals surface area contributed by atoms with E-state index in [0.29, 0.717) is 49.5 Å². The molecule has 2 amide bonds. The smallest absolute Gasteiger partial charge is 0.274 e. The Morgan fingerprint density at radius 3 is 2.37 bits per heavy atom. The molecule has 1 aliphatic rings. The van der Waals surface area contributed by atoms with E-state index in [-0.39, 0.29) is 17.0 Å². The molecule has 0 bridgehead atoms. The molecule has 1 fully saturated rings. The van der Waals surface area contributed by atoms with E-state index in [1.807, 2.05) is 12.1 Å². The number of hydrogen-bond donors (Lipinski definition) is 0. The lowest BCUT2D eigenvalue weighted by Gasteiger charge is -2.22. The second kappa shape index (κ2) is 7.36. The molecule has 0 spiro atoms. The molecule has 0 aromatic carbocycles. The standard InChI is InChI=1S/C19H18ClN5O2/c20-17-16(25-11-2-1-4-15(25)22-17)19(27)24-10-3-9-23(12-13-24)18(26)14-5-7-21-8-6-14/h1-2,4-8,11H,3,9-10,12-13H2. The van der Waals surface area contributed by atoms with Crippen molar-refractivity contribution < 1.29 is 9.59 Å². The molecule has 0 radical (unpaired) electrons. The van der Waals surface area contributed by atoms with Crippen LogP contribution in [0.5, 0.6) is 0 Å². The first kappa shape index (κ1) is 17.5. The number of nitrogens with zero attached hydrogens (tertiary/aromatic N) is 5. The van der Waals surface area contributed by atoms with Crippen LogP contribution in [0.2, 0.25) is 5.15 Å². The molecule has 7 nitrogen and oxygen atoms in total. The molecule has 8 heteroatoms. The van der Waals surface area contributed by atoms with Crippen molar-refractivity contribution in [1.29, 1.82) is 0 Å². The van der Waals surface area contributed by atoms with Crippen molar-refractivity contribution in [3.63, 3.8) is 0 Å². The first-order chi connectivity index (χ1) is 13.1. The molecule has 0 N–H and O–H groups in total. The van der Waals surface area contributed by atoms with Gasteiger partial charge in [0.15, 0.2) is 10.8 Å². The van der Waals surface area contributed by atoms with E-state index >= 15 is 0 Å². The second-order valence-corrected chi connectivity index (χ2v) is 6.71. The molecule has 0 atom stereocenters. The summed E-state index contributed by atoms with van der Waals surface area (Å²) in [5.41, 5.74) is 1.60. The van der Waals surface area contributed by atoms with Crippen LogP contribution in [0.15, 0.2) is 48.9 Å². The largest absolute Gasteiger partial charge is 0.337 e. The Morgan fingerprint density at radius 1 is 0.926 bits per heavy atom. The van der Waals surface area contributed by atoms with Gasteiger partial charge in [-0.1, -0.05) is 17.7 Å². The monoisotopic (exact) mass is 383 g/mol. The quantitative estimate of drug-likeness (QED) is 0.681. The van der Waals surface area contributed by atoms with E-state index in [2.05, 4.69) is 9.97 Å². The van der Waals surface area contributed by atoms with Crippen LogP contribution < -0.4 is 0 Å². The summed E-state index contributed by atoms with van der Waals surface area (Å²) in [5, 5.41) is 0.195. The Kier molecular flexibility index (Phi) is 4.77. The van der Waals surface area contributed by atoms with Crippen LogP contribution >= 0.6 is 11.6 Å². The van der Waals surface area contributed by atoms with Gasteiger partial charge in [-0.25, -0.2) is 4.98 Å². The van der Waals surface area contributed by atoms with Gasteiger partial charge in [0.2, 0.25) is 0 Å². The topological polar surface area (TPSA) is 70.8 Å². The van der Waals surface area contributed by atoms with Gasteiger partial charge in [0.25, 0.3) is 11.8 Å². The Balaban J connectivity index is 1.52. The molecule has 1 aliphatic heterocycles. The number of carbonyl (C=O) groups excluding carboxylic acids is 2. The first-order valence-corrected chi connectivity index (χ1v) is 9.14. The van der Waals surface area contributed by atoms with Crippen molar-refractivity contribution in [1.82, 2.24) is 24.2 Å². The lowest BCUT2D eigenvalue weighted by molar-refractivity contribution is 0.0715. The fourth-order valence-electron chi connectivity index (χ4n) is 3.31. The van der Waals surface area contributed by atoms with Gasteiger partial charge in [-0.15, -0.1) is 0 Å². The molecule has 3 aromatic heterocycles. The zero-order valence-electron chi connectivity index (χ0n) is 14.6. The van der Waals surface area contributed by atoms with Crippen LogP contribution in [0.3, 0.4) is 0 Å². The fourth-order valence-corrected chi connectivity index (χ4v) is 3.57. The Morgan fingerprint density at radius 2 is 1.63 bits per heavy atom. The van der Waals surface area contributed by atoms with Gasteiger partial charge in [-0.3, -0.25) is 19.0 Å². The Labute approximate surface area is 161 Å². The molecule has 0 unspecified atom stereocenters. The molecule has 27 heavy (non-hydrogen) atoms. The molecule has 0 saturated carbocycles. The summed E-state index contributed by atoms with van der Waals surface area (Å²) in [5.74, 6) is -0.212. The summed E-state index contributed by atoms with van der Waals surface area (Å²) in [7, 11) is 0. The van der Waals surface area contributed by atoms with Gasteiger partial charge >= 0.3 is 0 Å². The van der Waals surface area contributed by atoms with Crippen LogP contribution in [0.25, 0.3) is 5.65 Å². The van der Waals surface area contributed by atoms with Crippen LogP contribution in [-0.4, -0.2) is 62.2 Å². The third kappa shape index (κ3) is 3.38. The summed E-state index contributed by atoms with van der Waals surface area (Å²) in [6.07, 6.45) is 5.69. The van der Waals surface area contributed by atoms with Crippen LogP contribution in [-0.2, 0) is 0 Å². The van der Waals surface area contributed by atoms with Crippen LogP contribution in [0.1, 0.15) is 27.3 Å². The van der Waals surface area contributed by atoms with Crippen molar-refractivity contribution in [3.05, 3.63) is 65.3 Å². The zero-order valence-corrected chi connectivity index (χ0v) is 15.3. The predicted octanol–water partition coefficient (Wildman–Crippen LogP) is 2.37. The number of carbonyl (C=O) groups is 2. The van der Waals surface area contributed by atoms with Crippen molar-refractivity contribution in [2.24, 2.45) is 0 Å². The molecule has 3 aromatic rings. The third-order valence-electron chi connectivity index (χ3n) is 4.69. The number of rotatable bonds is 2. The zero-order chi connectivity index (χ0) is 18.8. The van der Waals surface area contributed by atoms with Gasteiger partial charge < -0.3 is 9.80 Å². The van der Waals surface area contributed by atoms with E-state index in [4.69, 9.17) is 11.6 Å². The van der Waals surface area contributed by atoms with E-state index < -0.39 is 0 Å².